The second kappa shape index (κ2) is 11.0. The number of halogens is 5. The molecule has 1 saturated heterocycles. The van der Waals surface area contributed by atoms with Crippen LogP contribution in [0.4, 0.5) is 27.6 Å². The molecular formula is C28H24F5N5O3S. The third kappa shape index (κ3) is 5.20. The summed E-state index contributed by atoms with van der Waals surface area (Å²) in [4.78, 5) is 35.2. The first-order chi connectivity index (χ1) is 19.8. The van der Waals surface area contributed by atoms with E-state index in [0.29, 0.717) is 30.5 Å². The highest BCUT2D eigenvalue weighted by Crippen LogP contribution is 2.42. The predicted molar refractivity (Wildman–Crippen MR) is 144 cm³/mol. The molecule has 2 aliphatic rings. The molecule has 0 unspecified atom stereocenters. The summed E-state index contributed by atoms with van der Waals surface area (Å²) >= 11 is 1.32. The molecular weight excluding hydrogens is 581 g/mol. The second-order valence-corrected chi connectivity index (χ2v) is 10.8. The number of aliphatic hydroxyl groups excluding tert-OH is 1. The van der Waals surface area contributed by atoms with E-state index < -0.39 is 58.7 Å². The van der Waals surface area contributed by atoms with Gasteiger partial charge < -0.3 is 10.4 Å². The lowest BCUT2D eigenvalue weighted by molar-refractivity contribution is -0.160. The lowest BCUT2D eigenvalue weighted by atomic mass is 9.90. The van der Waals surface area contributed by atoms with Gasteiger partial charge in [0.1, 0.15) is 17.0 Å². The number of rotatable bonds is 6. The molecule has 4 heterocycles. The first-order valence-electron chi connectivity index (χ1n) is 12.7. The minimum absolute atomic E-state index is 0.144. The average molecular weight is 606 g/mol. The molecule has 2 amide bonds. The normalized spacial score (nSPS) is 19.3. The smallest absolute Gasteiger partial charge is 0.433 e. The van der Waals surface area contributed by atoms with Gasteiger partial charge in [-0.25, -0.2) is 23.8 Å². The average Bonchev–Trinajstić information content (AvgIpc) is 3.36. The lowest BCUT2D eigenvalue weighted by Gasteiger charge is -2.46. The summed E-state index contributed by atoms with van der Waals surface area (Å²) in [6, 6.07) is 8.26. The lowest BCUT2D eigenvalue weighted by Crippen LogP contribution is -2.60. The molecule has 220 valence electrons. The number of benzene rings is 1. The van der Waals surface area contributed by atoms with Crippen LogP contribution >= 0.6 is 11.8 Å². The molecule has 1 fully saturated rings. The largest absolute Gasteiger partial charge is 0.509 e. The fourth-order valence-electron chi connectivity index (χ4n) is 5.14. The summed E-state index contributed by atoms with van der Waals surface area (Å²) in [5.41, 5.74) is -3.50. The number of nitrogens with zero attached hydrogens (tertiary/aromatic N) is 4. The van der Waals surface area contributed by atoms with Gasteiger partial charge in [-0.2, -0.15) is 13.2 Å². The van der Waals surface area contributed by atoms with Crippen molar-refractivity contribution in [3.63, 3.8) is 0 Å². The summed E-state index contributed by atoms with van der Waals surface area (Å²) in [6.07, 6.45) is -0.839. The van der Waals surface area contributed by atoms with Gasteiger partial charge >= 0.3 is 6.18 Å². The fraction of sp³-hybridized carbons (Fsp3) is 0.286. The molecule has 0 bridgehead atoms. The van der Waals surface area contributed by atoms with E-state index in [4.69, 9.17) is 0 Å². The van der Waals surface area contributed by atoms with Crippen LogP contribution in [0.25, 0.3) is 11.3 Å². The summed E-state index contributed by atoms with van der Waals surface area (Å²) in [5, 5.41) is 16.8. The van der Waals surface area contributed by atoms with E-state index in [0.717, 1.165) is 17.1 Å². The minimum atomic E-state index is -4.78. The molecule has 0 saturated carbocycles. The van der Waals surface area contributed by atoms with Crippen molar-refractivity contribution in [2.24, 2.45) is 0 Å². The van der Waals surface area contributed by atoms with Crippen LogP contribution in [0.3, 0.4) is 0 Å². The van der Waals surface area contributed by atoms with Gasteiger partial charge in [-0.1, -0.05) is 12.1 Å². The van der Waals surface area contributed by atoms with Gasteiger partial charge in [0, 0.05) is 23.9 Å². The van der Waals surface area contributed by atoms with Gasteiger partial charge in [-0.05, 0) is 56.4 Å². The Balaban J connectivity index is 1.54. The van der Waals surface area contributed by atoms with Crippen LogP contribution in [0.2, 0.25) is 0 Å². The van der Waals surface area contributed by atoms with Crippen molar-refractivity contribution in [2.45, 2.75) is 43.1 Å². The van der Waals surface area contributed by atoms with Crippen molar-refractivity contribution >= 4 is 29.3 Å². The van der Waals surface area contributed by atoms with Crippen molar-refractivity contribution in [1.29, 1.82) is 0 Å². The zero-order valence-corrected chi connectivity index (χ0v) is 23.1. The molecule has 5 rings (SSSR count). The SMILES string of the molecule is CSc1ccc(-c2nc(C(F)(F)F)ccc2NC(=O)C2=C(O)[C@@]3(C)CCCN3N(Cc3cccc(F)c3F)C2=O)cn1. The summed E-state index contributed by atoms with van der Waals surface area (Å²) in [7, 11) is 0. The van der Waals surface area contributed by atoms with Gasteiger partial charge in [-0.15, -0.1) is 11.8 Å². The number of fused-ring (bicyclic) bond motifs is 1. The number of nitrogens with one attached hydrogen (secondary N) is 1. The molecule has 1 atom stereocenters. The van der Waals surface area contributed by atoms with Crippen LogP contribution in [0, 0.1) is 11.6 Å². The van der Waals surface area contributed by atoms with Crippen molar-refractivity contribution in [1.82, 2.24) is 20.0 Å². The molecule has 0 spiro atoms. The first kappa shape index (κ1) is 29.5. The first-order valence-corrected chi connectivity index (χ1v) is 13.9. The van der Waals surface area contributed by atoms with Gasteiger partial charge in [0.05, 0.1) is 28.5 Å². The molecule has 14 heteroatoms. The van der Waals surface area contributed by atoms with E-state index in [2.05, 4.69) is 15.3 Å². The molecule has 42 heavy (non-hydrogen) atoms. The van der Waals surface area contributed by atoms with Gasteiger partial charge in [-0.3, -0.25) is 14.6 Å². The molecule has 8 nitrogen and oxygen atoms in total. The Kier molecular flexibility index (Phi) is 7.70. The number of anilines is 1. The maximum atomic E-state index is 14.5. The van der Waals surface area contributed by atoms with E-state index in [1.807, 2.05) is 0 Å². The van der Waals surface area contributed by atoms with Crippen molar-refractivity contribution < 1.29 is 36.6 Å². The highest BCUT2D eigenvalue weighted by Gasteiger charge is 2.52. The van der Waals surface area contributed by atoms with Crippen molar-refractivity contribution in [3.8, 4) is 11.3 Å². The highest BCUT2D eigenvalue weighted by atomic mass is 32.2. The zero-order valence-electron chi connectivity index (χ0n) is 22.3. The van der Waals surface area contributed by atoms with Crippen molar-refractivity contribution in [3.05, 3.63) is 82.9 Å². The van der Waals surface area contributed by atoms with E-state index in [-0.39, 0.29) is 22.5 Å². The van der Waals surface area contributed by atoms with Crippen LogP contribution in [0.5, 0.6) is 0 Å². The molecule has 1 aromatic carbocycles. The number of pyridine rings is 2. The maximum absolute atomic E-state index is 14.5. The molecule has 2 N–H and O–H groups in total. The number of thioether (sulfide) groups is 1. The summed E-state index contributed by atoms with van der Waals surface area (Å²) < 4.78 is 69.0. The Labute approximate surface area is 241 Å². The minimum Gasteiger partial charge on any atom is -0.509 e. The Bertz CT molecular complexity index is 1600. The topological polar surface area (TPSA) is 98.7 Å². The third-order valence-electron chi connectivity index (χ3n) is 7.32. The number of hydrogen-bond donors (Lipinski definition) is 2. The van der Waals surface area contributed by atoms with Crippen molar-refractivity contribution in [2.75, 3.05) is 18.1 Å². The van der Waals surface area contributed by atoms with Gasteiger partial charge in [0.25, 0.3) is 11.8 Å². The molecule has 0 aliphatic carbocycles. The van der Waals surface area contributed by atoms with Gasteiger partial charge in [0.2, 0.25) is 0 Å². The van der Waals surface area contributed by atoms with Crippen LogP contribution in [-0.4, -0.2) is 55.2 Å². The molecule has 2 aliphatic heterocycles. The zero-order chi connectivity index (χ0) is 30.4. The van der Waals surface area contributed by atoms with Gasteiger partial charge in [0.15, 0.2) is 11.6 Å². The Morgan fingerprint density at radius 3 is 2.60 bits per heavy atom. The Morgan fingerprint density at radius 1 is 1.17 bits per heavy atom. The standard InChI is InChI=1S/C28H24F5N5O3S/c1-27-11-4-12-38(27)37(14-16-5-3-6-17(29)22(16)30)26(41)21(24(27)39)25(40)35-18-8-9-19(28(31,32)33)36-23(18)15-7-10-20(42-2)34-13-15/h3,5-10,13,39H,4,11-12,14H2,1-2H3,(H,35,40)/t27-/m1/s1. The number of carbonyl (C=O) groups excluding carboxylic acids is 2. The number of alkyl halides is 3. The third-order valence-corrected chi connectivity index (χ3v) is 7.98. The van der Waals surface area contributed by atoms with E-state index in [1.54, 1.807) is 19.2 Å². The maximum Gasteiger partial charge on any atom is 0.433 e. The molecule has 0 radical (unpaired) electrons. The number of amides is 2. The fourth-order valence-corrected chi connectivity index (χ4v) is 5.51. The number of aliphatic hydroxyl groups is 1. The van der Waals surface area contributed by atoms with E-state index >= 15 is 0 Å². The molecule has 3 aromatic rings. The van der Waals surface area contributed by atoms with E-state index in [9.17, 15) is 36.6 Å². The Hall–Kier alpha value is -4.04. The quantitative estimate of drug-likeness (QED) is 0.211. The van der Waals surface area contributed by atoms with E-state index in [1.165, 1.54) is 41.2 Å². The monoisotopic (exact) mass is 605 g/mol. The highest BCUT2D eigenvalue weighted by molar-refractivity contribution is 7.98. The number of hydrogen-bond acceptors (Lipinski definition) is 7. The van der Waals surface area contributed by atoms with Crippen LogP contribution < -0.4 is 5.32 Å². The summed E-state index contributed by atoms with van der Waals surface area (Å²) in [5.74, 6) is -4.89. The second-order valence-electron chi connectivity index (χ2n) is 9.93. The number of carbonyl (C=O) groups is 2. The number of hydrazine groups is 1. The Morgan fingerprint density at radius 2 is 1.93 bits per heavy atom. The predicted octanol–water partition coefficient (Wildman–Crippen LogP) is 5.73. The van der Waals surface area contributed by atoms with Crippen LogP contribution in [-0.2, 0) is 22.3 Å². The van der Waals surface area contributed by atoms with Crippen LogP contribution in [0.1, 0.15) is 31.0 Å². The van der Waals surface area contributed by atoms with Crippen LogP contribution in [0.15, 0.2) is 65.0 Å². The molecule has 2 aromatic heterocycles. The summed E-state index contributed by atoms with van der Waals surface area (Å²) in [6.45, 7) is 1.47. The number of aromatic nitrogens is 2.